The molecule has 1 aromatic rings. The van der Waals surface area contributed by atoms with Crippen LogP contribution in [0.1, 0.15) is 44.1 Å². The zero-order valence-corrected chi connectivity index (χ0v) is 19.6. The number of nitrogens with one attached hydrogen (secondary N) is 2. The molecule has 2 aliphatic rings. The minimum absolute atomic E-state index is 0.0895. The van der Waals surface area contributed by atoms with E-state index < -0.39 is 20.8 Å². The highest BCUT2D eigenvalue weighted by atomic mass is 32.2. The summed E-state index contributed by atoms with van der Waals surface area (Å²) in [7, 11) is -4.74. The second-order valence-electron chi connectivity index (χ2n) is 8.16. The van der Waals surface area contributed by atoms with Gasteiger partial charge in [-0.25, -0.2) is 12.7 Å². The minimum atomic E-state index is -3.76. The van der Waals surface area contributed by atoms with Gasteiger partial charge in [-0.2, -0.15) is 0 Å². The molecule has 1 aliphatic carbocycles. The van der Waals surface area contributed by atoms with Crippen molar-refractivity contribution in [2.75, 3.05) is 31.6 Å². The van der Waals surface area contributed by atoms with Crippen LogP contribution < -0.4 is 5.32 Å². The normalized spacial score (nSPS) is 18.9. The van der Waals surface area contributed by atoms with Crippen molar-refractivity contribution >= 4 is 32.7 Å². The molecule has 1 amide bonds. The van der Waals surface area contributed by atoms with E-state index >= 15 is 0 Å². The molecule has 0 bridgehead atoms. The summed E-state index contributed by atoms with van der Waals surface area (Å²) in [6.07, 6.45) is 7.93. The first kappa shape index (κ1) is 23.7. The Hall–Kier alpha value is -1.94. The van der Waals surface area contributed by atoms with Crippen molar-refractivity contribution in [2.45, 2.75) is 55.9 Å². The summed E-state index contributed by atoms with van der Waals surface area (Å²) in [4.78, 5) is 13.8. The van der Waals surface area contributed by atoms with Gasteiger partial charge in [-0.3, -0.25) is 14.4 Å². The van der Waals surface area contributed by atoms with Crippen molar-refractivity contribution in [3.8, 4) is 0 Å². The molecule has 1 unspecified atom stereocenters. The summed E-state index contributed by atoms with van der Waals surface area (Å²) in [6.45, 7) is 1.33. The number of rotatable bonds is 9. The summed E-state index contributed by atoms with van der Waals surface area (Å²) < 4.78 is 38.4. The van der Waals surface area contributed by atoms with E-state index in [-0.39, 0.29) is 29.2 Å². The van der Waals surface area contributed by atoms with Crippen LogP contribution in [0.15, 0.2) is 29.2 Å². The molecule has 0 spiro atoms. The highest BCUT2D eigenvalue weighted by Gasteiger charge is 2.38. The fraction of sp³-hybridized carbons (Fsp3) is 0.619. The Bertz CT molecular complexity index is 912. The Morgan fingerprint density at radius 1 is 1.16 bits per heavy atom. The molecule has 172 valence electrons. The third-order valence-electron chi connectivity index (χ3n) is 5.93. The number of nitrogens with zero attached hydrogens (tertiary/aromatic N) is 2. The number of hydrogen-bond acceptors (Lipinski definition) is 5. The number of hydrogen-bond donors (Lipinski definition) is 2. The summed E-state index contributed by atoms with van der Waals surface area (Å²) in [5.41, 5.74) is 0.915. The number of benzene rings is 1. The lowest BCUT2D eigenvalue weighted by Gasteiger charge is -2.32. The summed E-state index contributed by atoms with van der Waals surface area (Å²) >= 11 is 0. The van der Waals surface area contributed by atoms with Gasteiger partial charge in [-0.05, 0) is 37.0 Å². The molecular weight excluding hydrogens is 436 g/mol. The van der Waals surface area contributed by atoms with Gasteiger partial charge in [0.2, 0.25) is 11.9 Å². The zero-order chi connectivity index (χ0) is 22.4. The van der Waals surface area contributed by atoms with Gasteiger partial charge in [-0.15, -0.1) is 0 Å². The second-order valence-corrected chi connectivity index (χ2v) is 11.6. The van der Waals surface area contributed by atoms with Gasteiger partial charge < -0.3 is 10.2 Å². The van der Waals surface area contributed by atoms with Crippen LogP contribution in [0.2, 0.25) is 0 Å². The summed E-state index contributed by atoms with van der Waals surface area (Å²) in [5, 5.41) is 11.2. The van der Waals surface area contributed by atoms with Gasteiger partial charge >= 0.3 is 0 Å². The predicted molar refractivity (Wildman–Crippen MR) is 122 cm³/mol. The van der Waals surface area contributed by atoms with E-state index in [0.29, 0.717) is 31.8 Å². The third-order valence-corrected chi connectivity index (χ3v) is 8.51. The molecule has 0 radical (unpaired) electrons. The molecule has 10 heteroatoms. The van der Waals surface area contributed by atoms with Crippen LogP contribution >= 0.6 is 0 Å². The van der Waals surface area contributed by atoms with Crippen molar-refractivity contribution in [1.82, 2.24) is 14.5 Å². The van der Waals surface area contributed by atoms with Gasteiger partial charge in [0, 0.05) is 48.4 Å². The first-order valence-corrected chi connectivity index (χ1v) is 14.0. The number of sulfonamides is 1. The van der Waals surface area contributed by atoms with Crippen LogP contribution in [-0.2, 0) is 32.0 Å². The second kappa shape index (κ2) is 10.6. The quantitative estimate of drug-likeness (QED) is 0.573. The highest BCUT2D eigenvalue weighted by molar-refractivity contribution is 7.89. The molecule has 1 atom stereocenters. The maximum atomic E-state index is 13.1. The average Bonchev–Trinajstić information content (AvgIpc) is 3.15. The SMILES string of the molecule is CS(=O)CCC(=O)NCCc1ccc(S(=O)(=O)N2CCN(C3CCCCC3)C2=N)cc1. The number of carbonyl (C=O) groups is 1. The van der Waals surface area contributed by atoms with E-state index in [9.17, 15) is 17.4 Å². The molecule has 0 aromatic heterocycles. The highest BCUT2D eigenvalue weighted by Crippen LogP contribution is 2.28. The van der Waals surface area contributed by atoms with Crippen molar-refractivity contribution < 1.29 is 17.4 Å². The Morgan fingerprint density at radius 3 is 2.48 bits per heavy atom. The molecule has 3 rings (SSSR count). The molecule has 1 aliphatic heterocycles. The third kappa shape index (κ3) is 6.06. The molecule has 31 heavy (non-hydrogen) atoms. The van der Waals surface area contributed by atoms with E-state index in [0.717, 1.165) is 31.2 Å². The maximum absolute atomic E-state index is 13.1. The molecule has 1 saturated carbocycles. The number of carbonyl (C=O) groups excluding carboxylic acids is 1. The lowest BCUT2D eigenvalue weighted by Crippen LogP contribution is -2.42. The van der Waals surface area contributed by atoms with Crippen LogP contribution in [-0.4, -0.2) is 71.4 Å². The smallest absolute Gasteiger partial charge is 0.266 e. The number of amides is 1. The van der Waals surface area contributed by atoms with Gasteiger partial charge in [-0.1, -0.05) is 31.4 Å². The van der Waals surface area contributed by atoms with Crippen LogP contribution in [0.3, 0.4) is 0 Å². The van der Waals surface area contributed by atoms with Crippen molar-refractivity contribution in [3.63, 3.8) is 0 Å². The van der Waals surface area contributed by atoms with E-state index in [1.807, 2.05) is 4.90 Å². The molecule has 2 fully saturated rings. The largest absolute Gasteiger partial charge is 0.356 e. The van der Waals surface area contributed by atoms with Crippen molar-refractivity contribution in [3.05, 3.63) is 29.8 Å². The Labute approximate surface area is 187 Å². The van der Waals surface area contributed by atoms with Gasteiger partial charge in [0.25, 0.3) is 10.0 Å². The molecule has 1 heterocycles. The maximum Gasteiger partial charge on any atom is 0.266 e. The molecule has 1 aromatic carbocycles. The lowest BCUT2D eigenvalue weighted by molar-refractivity contribution is -0.120. The first-order chi connectivity index (χ1) is 14.8. The average molecular weight is 469 g/mol. The first-order valence-electron chi connectivity index (χ1n) is 10.8. The summed E-state index contributed by atoms with van der Waals surface area (Å²) in [5.74, 6) is 0.304. The topological polar surface area (TPSA) is 111 Å². The van der Waals surface area contributed by atoms with Crippen LogP contribution in [0, 0.1) is 5.41 Å². The van der Waals surface area contributed by atoms with Gasteiger partial charge in [0.15, 0.2) is 0 Å². The summed E-state index contributed by atoms with van der Waals surface area (Å²) in [6, 6.07) is 6.92. The fourth-order valence-corrected chi connectivity index (χ4v) is 6.02. The van der Waals surface area contributed by atoms with Crippen molar-refractivity contribution in [2.24, 2.45) is 0 Å². The minimum Gasteiger partial charge on any atom is -0.356 e. The Morgan fingerprint density at radius 2 is 1.84 bits per heavy atom. The van der Waals surface area contributed by atoms with Crippen LogP contribution in [0.25, 0.3) is 0 Å². The Balaban J connectivity index is 1.55. The molecule has 2 N–H and O–H groups in total. The van der Waals surface area contributed by atoms with E-state index in [1.54, 1.807) is 30.5 Å². The van der Waals surface area contributed by atoms with E-state index in [1.165, 1.54) is 10.7 Å². The predicted octanol–water partition coefficient (Wildman–Crippen LogP) is 1.69. The van der Waals surface area contributed by atoms with Crippen LogP contribution in [0.4, 0.5) is 0 Å². The van der Waals surface area contributed by atoms with E-state index in [4.69, 9.17) is 5.41 Å². The Kier molecular flexibility index (Phi) is 8.10. The van der Waals surface area contributed by atoms with Crippen molar-refractivity contribution in [1.29, 1.82) is 5.41 Å². The molecule has 8 nitrogen and oxygen atoms in total. The fourth-order valence-electron chi connectivity index (χ4n) is 4.16. The molecular formula is C21H32N4O4S2. The van der Waals surface area contributed by atoms with Gasteiger partial charge in [0.05, 0.1) is 11.4 Å². The van der Waals surface area contributed by atoms with Gasteiger partial charge in [0.1, 0.15) is 0 Å². The van der Waals surface area contributed by atoms with Crippen LogP contribution in [0.5, 0.6) is 0 Å². The lowest BCUT2D eigenvalue weighted by atomic mass is 9.94. The standard InChI is InChI=1S/C21H32N4O4S2/c1-30(27)16-12-20(26)23-13-11-17-7-9-19(10-8-17)31(28,29)25-15-14-24(21(25)22)18-5-3-2-4-6-18/h7-10,18,22H,2-6,11-16H2,1H3,(H,23,26). The number of guanidine groups is 1. The zero-order valence-electron chi connectivity index (χ0n) is 18.0. The monoisotopic (exact) mass is 468 g/mol. The molecule has 1 saturated heterocycles. The van der Waals surface area contributed by atoms with E-state index in [2.05, 4.69) is 5.32 Å².